The van der Waals surface area contributed by atoms with Crippen LogP contribution in [0, 0.1) is 0 Å². The van der Waals surface area contributed by atoms with Crippen molar-refractivity contribution in [1.82, 2.24) is 0 Å². The fourth-order valence-electron chi connectivity index (χ4n) is 0.579. The van der Waals surface area contributed by atoms with E-state index in [0.717, 1.165) is 13.0 Å². The molecule has 0 fully saturated rings. The third-order valence-electron chi connectivity index (χ3n) is 1.18. The first-order valence-corrected chi connectivity index (χ1v) is 4.27. The van der Waals surface area contributed by atoms with Crippen LogP contribution in [0.1, 0.15) is 13.3 Å². The number of thioether (sulfide) groups is 1. The monoisotopic (exact) mass is 177 g/mol. The van der Waals surface area contributed by atoms with Crippen molar-refractivity contribution in [3.05, 3.63) is 0 Å². The molecular formula is C6H15N3OS. The molecule has 4 nitrogen and oxygen atoms in total. The summed E-state index contributed by atoms with van der Waals surface area (Å²) in [4.78, 5) is 0. The molecule has 0 aromatic rings. The second-order valence-corrected chi connectivity index (χ2v) is 3.64. The smallest absolute Gasteiger partial charge is 0.177 e. The molecule has 0 aliphatic heterocycles. The quantitative estimate of drug-likeness (QED) is 0.281. The molecule has 0 saturated heterocycles. The first kappa shape index (κ1) is 10.6. The first-order chi connectivity index (χ1) is 5.20. The molecule has 0 amide bonds. The molecule has 0 rings (SSSR count). The number of ether oxygens (including phenoxy) is 1. The van der Waals surface area contributed by atoms with Gasteiger partial charge in [-0.15, -0.1) is 0 Å². The summed E-state index contributed by atoms with van der Waals surface area (Å²) in [5.74, 6) is 4.96. The summed E-state index contributed by atoms with van der Waals surface area (Å²) in [6, 6.07) is 0. The van der Waals surface area contributed by atoms with Gasteiger partial charge < -0.3 is 16.3 Å². The van der Waals surface area contributed by atoms with Gasteiger partial charge in [0.25, 0.3) is 0 Å². The van der Waals surface area contributed by atoms with Crippen LogP contribution in [0.3, 0.4) is 0 Å². The van der Waals surface area contributed by atoms with E-state index in [2.05, 4.69) is 12.0 Å². The maximum absolute atomic E-state index is 5.39. The summed E-state index contributed by atoms with van der Waals surface area (Å²) < 4.78 is 4.90. The molecular weight excluding hydrogens is 162 g/mol. The minimum atomic E-state index is 0.405. The lowest BCUT2D eigenvalue weighted by atomic mass is 10.3. The average Bonchev–Trinajstić information content (AvgIpc) is 2.00. The lowest BCUT2D eigenvalue weighted by Crippen LogP contribution is -2.14. The fourth-order valence-corrected chi connectivity index (χ4v) is 1.27. The van der Waals surface area contributed by atoms with E-state index in [1.807, 2.05) is 0 Å². The van der Waals surface area contributed by atoms with E-state index in [4.69, 9.17) is 16.3 Å². The molecule has 0 aromatic heterocycles. The van der Waals surface area contributed by atoms with Crippen LogP contribution in [0.5, 0.6) is 0 Å². The van der Waals surface area contributed by atoms with Crippen molar-refractivity contribution in [3.8, 4) is 0 Å². The van der Waals surface area contributed by atoms with E-state index in [0.29, 0.717) is 10.4 Å². The van der Waals surface area contributed by atoms with Gasteiger partial charge >= 0.3 is 0 Å². The van der Waals surface area contributed by atoms with Gasteiger partial charge in [0.15, 0.2) is 5.17 Å². The Bertz CT molecular complexity index is 129. The average molecular weight is 177 g/mol. The molecule has 0 saturated carbocycles. The van der Waals surface area contributed by atoms with Gasteiger partial charge in [-0.25, -0.2) is 0 Å². The molecule has 66 valence electrons. The number of rotatable bonds is 4. The molecule has 0 radical (unpaired) electrons. The lowest BCUT2D eigenvalue weighted by molar-refractivity contribution is 0.195. The normalized spacial score (nSPS) is 14.9. The molecule has 5 heteroatoms. The number of nitrogens with zero attached hydrogens (tertiary/aromatic N) is 1. The second kappa shape index (κ2) is 6.30. The second-order valence-electron chi connectivity index (χ2n) is 2.18. The minimum Gasteiger partial charge on any atom is -0.385 e. The Labute approximate surface area is 71.3 Å². The van der Waals surface area contributed by atoms with Crippen molar-refractivity contribution in [1.29, 1.82) is 0 Å². The molecule has 0 aliphatic rings. The van der Waals surface area contributed by atoms with Crippen LogP contribution in [-0.4, -0.2) is 24.1 Å². The van der Waals surface area contributed by atoms with Gasteiger partial charge in [-0.3, -0.25) is 0 Å². The number of hydrogen-bond donors (Lipinski definition) is 2. The Kier molecular flexibility index (Phi) is 6.06. The fraction of sp³-hybridized carbons (Fsp3) is 0.833. The highest BCUT2D eigenvalue weighted by molar-refractivity contribution is 8.14. The number of hydrazone groups is 1. The topological polar surface area (TPSA) is 73.6 Å². The Morgan fingerprint density at radius 2 is 2.36 bits per heavy atom. The van der Waals surface area contributed by atoms with E-state index >= 15 is 0 Å². The number of amidine groups is 1. The van der Waals surface area contributed by atoms with Crippen LogP contribution >= 0.6 is 11.8 Å². The van der Waals surface area contributed by atoms with Crippen LogP contribution in [0.2, 0.25) is 0 Å². The molecule has 0 aliphatic carbocycles. The van der Waals surface area contributed by atoms with Crippen LogP contribution < -0.4 is 11.6 Å². The summed E-state index contributed by atoms with van der Waals surface area (Å²) >= 11 is 1.46. The summed E-state index contributed by atoms with van der Waals surface area (Å²) in [5, 5.41) is 4.18. The third kappa shape index (κ3) is 6.00. The zero-order valence-electron chi connectivity index (χ0n) is 6.91. The molecule has 4 N–H and O–H groups in total. The Morgan fingerprint density at radius 1 is 1.73 bits per heavy atom. The lowest BCUT2D eigenvalue weighted by Gasteiger charge is -2.08. The summed E-state index contributed by atoms with van der Waals surface area (Å²) in [7, 11) is 1.68. The molecule has 11 heavy (non-hydrogen) atoms. The highest BCUT2D eigenvalue weighted by atomic mass is 32.2. The number of methoxy groups -OCH3 is 1. The molecule has 0 heterocycles. The first-order valence-electron chi connectivity index (χ1n) is 3.39. The molecule has 0 spiro atoms. The Morgan fingerprint density at radius 3 is 2.82 bits per heavy atom. The van der Waals surface area contributed by atoms with Crippen LogP contribution in [0.4, 0.5) is 0 Å². The summed E-state index contributed by atoms with van der Waals surface area (Å²) in [6.07, 6.45) is 0.956. The number of hydrogen-bond acceptors (Lipinski definition) is 4. The Hall–Kier alpha value is -0.420. The largest absolute Gasteiger partial charge is 0.385 e. The van der Waals surface area contributed by atoms with E-state index in [1.165, 1.54) is 11.8 Å². The standard InChI is InChI=1S/C6H15N3OS/c1-5(3-4-10-2)11-6(7)9-8/h5H,3-4,8H2,1-2H3,(H2,7,9). The summed E-state index contributed by atoms with van der Waals surface area (Å²) in [5.41, 5.74) is 5.39. The van der Waals surface area contributed by atoms with Gasteiger partial charge in [0.05, 0.1) is 0 Å². The van der Waals surface area contributed by atoms with Gasteiger partial charge in [0.2, 0.25) is 0 Å². The maximum atomic E-state index is 5.39. The van der Waals surface area contributed by atoms with Crippen LogP contribution in [-0.2, 0) is 4.74 Å². The molecule has 0 aromatic carbocycles. The Balaban J connectivity index is 3.43. The predicted molar refractivity (Wildman–Crippen MR) is 49.4 cm³/mol. The van der Waals surface area contributed by atoms with Crippen molar-refractivity contribution in [3.63, 3.8) is 0 Å². The number of nitrogens with two attached hydrogens (primary N) is 2. The third-order valence-corrected chi connectivity index (χ3v) is 2.16. The van der Waals surface area contributed by atoms with Crippen molar-refractivity contribution < 1.29 is 4.74 Å². The van der Waals surface area contributed by atoms with E-state index in [9.17, 15) is 0 Å². The zero-order chi connectivity index (χ0) is 8.69. The van der Waals surface area contributed by atoms with E-state index < -0.39 is 0 Å². The van der Waals surface area contributed by atoms with E-state index in [-0.39, 0.29) is 0 Å². The van der Waals surface area contributed by atoms with Crippen LogP contribution in [0.15, 0.2) is 5.10 Å². The van der Waals surface area contributed by atoms with Gasteiger partial charge in [-0.05, 0) is 6.42 Å². The van der Waals surface area contributed by atoms with Crippen molar-refractivity contribution >= 4 is 16.9 Å². The predicted octanol–water partition coefficient (Wildman–Crippen LogP) is 0.333. The molecule has 0 bridgehead atoms. The van der Waals surface area contributed by atoms with Gasteiger partial charge in [0, 0.05) is 19.0 Å². The molecule has 1 atom stereocenters. The zero-order valence-corrected chi connectivity index (χ0v) is 7.73. The van der Waals surface area contributed by atoms with Gasteiger partial charge in [0.1, 0.15) is 0 Å². The van der Waals surface area contributed by atoms with E-state index in [1.54, 1.807) is 7.11 Å². The minimum absolute atomic E-state index is 0.405. The van der Waals surface area contributed by atoms with Crippen LogP contribution in [0.25, 0.3) is 0 Å². The SMILES string of the molecule is COCCC(C)SC(N)=NN. The van der Waals surface area contributed by atoms with Crippen molar-refractivity contribution in [2.24, 2.45) is 16.7 Å². The van der Waals surface area contributed by atoms with Crippen molar-refractivity contribution in [2.75, 3.05) is 13.7 Å². The highest BCUT2D eigenvalue weighted by Gasteiger charge is 2.03. The summed E-state index contributed by atoms with van der Waals surface area (Å²) in [6.45, 7) is 2.80. The van der Waals surface area contributed by atoms with Gasteiger partial charge in [-0.2, -0.15) is 5.10 Å². The van der Waals surface area contributed by atoms with Crippen molar-refractivity contribution in [2.45, 2.75) is 18.6 Å². The molecule has 1 unspecified atom stereocenters. The van der Waals surface area contributed by atoms with Gasteiger partial charge in [-0.1, -0.05) is 18.7 Å². The highest BCUT2D eigenvalue weighted by Crippen LogP contribution is 2.12. The maximum Gasteiger partial charge on any atom is 0.177 e.